The van der Waals surface area contributed by atoms with Crippen LogP contribution in [0.2, 0.25) is 0 Å². The van der Waals surface area contributed by atoms with Gasteiger partial charge in [0.2, 0.25) is 0 Å². The maximum atomic E-state index is 9.16. The Labute approximate surface area is 106 Å². The summed E-state index contributed by atoms with van der Waals surface area (Å²) in [6.07, 6.45) is 0.879. The van der Waals surface area contributed by atoms with E-state index in [2.05, 4.69) is 35.5 Å². The van der Waals surface area contributed by atoms with Crippen molar-refractivity contribution in [3.05, 3.63) is 46.8 Å². The minimum absolute atomic E-state index is 0.563. The van der Waals surface area contributed by atoms with E-state index >= 15 is 0 Å². The predicted molar refractivity (Wildman–Crippen MR) is 68.4 cm³/mol. The van der Waals surface area contributed by atoms with Crippen molar-refractivity contribution in [3.63, 3.8) is 0 Å². The van der Waals surface area contributed by atoms with Crippen molar-refractivity contribution in [1.82, 2.24) is 15.1 Å². The van der Waals surface area contributed by atoms with Gasteiger partial charge in [0.1, 0.15) is 6.07 Å². The van der Waals surface area contributed by atoms with Crippen LogP contribution in [0.1, 0.15) is 22.5 Å². The first-order chi connectivity index (χ1) is 8.79. The molecule has 0 aliphatic carbocycles. The van der Waals surface area contributed by atoms with Crippen molar-refractivity contribution in [2.45, 2.75) is 19.9 Å². The molecule has 0 radical (unpaired) electrons. The summed E-state index contributed by atoms with van der Waals surface area (Å²) in [6.45, 7) is 3.75. The van der Waals surface area contributed by atoms with Crippen LogP contribution in [-0.2, 0) is 13.0 Å². The molecule has 0 unspecified atom stereocenters. The van der Waals surface area contributed by atoms with Crippen molar-refractivity contribution in [2.75, 3.05) is 6.54 Å². The minimum Gasteiger partial charge on any atom is -0.311 e. The van der Waals surface area contributed by atoms with E-state index in [4.69, 9.17) is 5.26 Å². The average Bonchev–Trinajstić information content (AvgIpc) is 2.77. The van der Waals surface area contributed by atoms with Crippen molar-refractivity contribution < 1.29 is 0 Å². The summed E-state index contributed by atoms with van der Waals surface area (Å²) in [5, 5.41) is 16.9. The number of fused-ring (bicyclic) bond motifs is 1. The number of nitrogens with zero attached hydrogens (tertiary/aromatic N) is 3. The molecular formula is C14H14N4. The third-order valence-corrected chi connectivity index (χ3v) is 3.29. The van der Waals surface area contributed by atoms with Crippen LogP contribution >= 0.6 is 0 Å². The van der Waals surface area contributed by atoms with E-state index in [1.165, 1.54) is 5.56 Å². The third kappa shape index (κ3) is 1.69. The molecule has 4 nitrogen and oxygen atoms in total. The van der Waals surface area contributed by atoms with Gasteiger partial charge in [0, 0.05) is 12.1 Å². The molecule has 0 fully saturated rings. The molecule has 1 aromatic carbocycles. The molecule has 1 aliphatic rings. The predicted octanol–water partition coefficient (Wildman–Crippen LogP) is 1.70. The third-order valence-electron chi connectivity index (χ3n) is 3.29. The fourth-order valence-electron chi connectivity index (χ4n) is 2.41. The SMILES string of the molecule is Cc1cccc(-n2nc(C#N)c3c2CNCC3)c1. The molecule has 0 amide bonds. The first-order valence-corrected chi connectivity index (χ1v) is 6.08. The molecule has 1 N–H and O–H groups in total. The molecule has 1 aliphatic heterocycles. The molecule has 0 spiro atoms. The quantitative estimate of drug-likeness (QED) is 0.822. The lowest BCUT2D eigenvalue weighted by Crippen LogP contribution is -2.25. The zero-order chi connectivity index (χ0) is 12.5. The van der Waals surface area contributed by atoms with Crippen LogP contribution in [-0.4, -0.2) is 16.3 Å². The standard InChI is InChI=1S/C14H14N4/c1-10-3-2-4-11(7-10)18-14-9-16-6-5-12(14)13(8-15)17-18/h2-4,7,16H,5-6,9H2,1H3. The maximum absolute atomic E-state index is 9.16. The van der Waals surface area contributed by atoms with Gasteiger partial charge < -0.3 is 5.32 Å². The number of aryl methyl sites for hydroxylation is 1. The lowest BCUT2D eigenvalue weighted by molar-refractivity contribution is 0.614. The summed E-state index contributed by atoms with van der Waals surface area (Å²) >= 11 is 0. The number of nitriles is 1. The van der Waals surface area contributed by atoms with Gasteiger partial charge in [-0.15, -0.1) is 0 Å². The first kappa shape index (κ1) is 11.0. The molecule has 0 atom stereocenters. The van der Waals surface area contributed by atoms with E-state index in [1.807, 2.05) is 16.8 Å². The van der Waals surface area contributed by atoms with E-state index < -0.39 is 0 Å². The van der Waals surface area contributed by atoms with Gasteiger partial charge >= 0.3 is 0 Å². The molecule has 0 saturated carbocycles. The molecule has 0 saturated heterocycles. The van der Waals surface area contributed by atoms with Gasteiger partial charge in [-0.2, -0.15) is 10.4 Å². The van der Waals surface area contributed by atoms with E-state index in [-0.39, 0.29) is 0 Å². The summed E-state index contributed by atoms with van der Waals surface area (Å²) in [5.74, 6) is 0. The summed E-state index contributed by atoms with van der Waals surface area (Å²) in [4.78, 5) is 0. The Morgan fingerprint density at radius 2 is 2.33 bits per heavy atom. The van der Waals surface area contributed by atoms with Crippen LogP contribution in [0.4, 0.5) is 0 Å². The van der Waals surface area contributed by atoms with Gasteiger partial charge in [-0.3, -0.25) is 0 Å². The molecule has 2 heterocycles. The molecule has 2 aromatic rings. The zero-order valence-corrected chi connectivity index (χ0v) is 10.3. The molecule has 4 heteroatoms. The largest absolute Gasteiger partial charge is 0.311 e. The second-order valence-electron chi connectivity index (χ2n) is 4.56. The highest BCUT2D eigenvalue weighted by Crippen LogP contribution is 2.21. The Morgan fingerprint density at radius 1 is 1.44 bits per heavy atom. The lowest BCUT2D eigenvalue weighted by Gasteiger charge is -2.15. The Bertz CT molecular complexity index is 634. The monoisotopic (exact) mass is 238 g/mol. The number of nitrogens with one attached hydrogen (secondary N) is 1. The van der Waals surface area contributed by atoms with Crippen molar-refractivity contribution >= 4 is 0 Å². The van der Waals surface area contributed by atoms with E-state index in [0.29, 0.717) is 5.69 Å². The summed E-state index contributed by atoms with van der Waals surface area (Å²) in [7, 11) is 0. The van der Waals surface area contributed by atoms with Crippen LogP contribution in [0.25, 0.3) is 5.69 Å². The summed E-state index contributed by atoms with van der Waals surface area (Å²) in [6, 6.07) is 10.4. The smallest absolute Gasteiger partial charge is 0.166 e. The van der Waals surface area contributed by atoms with E-state index in [9.17, 15) is 0 Å². The van der Waals surface area contributed by atoms with Crippen molar-refractivity contribution in [2.24, 2.45) is 0 Å². The van der Waals surface area contributed by atoms with Crippen LogP contribution in [0.5, 0.6) is 0 Å². The fourth-order valence-corrected chi connectivity index (χ4v) is 2.41. The first-order valence-electron chi connectivity index (χ1n) is 6.08. The number of hydrogen-bond donors (Lipinski definition) is 1. The lowest BCUT2D eigenvalue weighted by atomic mass is 10.1. The van der Waals surface area contributed by atoms with Crippen LogP contribution < -0.4 is 5.32 Å². The van der Waals surface area contributed by atoms with Gasteiger partial charge in [-0.05, 0) is 37.6 Å². The van der Waals surface area contributed by atoms with Gasteiger partial charge in [0.05, 0.1) is 11.4 Å². The summed E-state index contributed by atoms with van der Waals surface area (Å²) < 4.78 is 1.90. The molecule has 18 heavy (non-hydrogen) atoms. The number of rotatable bonds is 1. The van der Waals surface area contributed by atoms with Gasteiger partial charge in [0.15, 0.2) is 5.69 Å². The Hall–Kier alpha value is -2.12. The second kappa shape index (κ2) is 4.28. The highest BCUT2D eigenvalue weighted by atomic mass is 15.3. The zero-order valence-electron chi connectivity index (χ0n) is 10.3. The number of benzene rings is 1. The second-order valence-corrected chi connectivity index (χ2v) is 4.56. The number of aromatic nitrogens is 2. The van der Waals surface area contributed by atoms with E-state index in [0.717, 1.165) is 36.5 Å². The molecule has 1 aromatic heterocycles. The highest BCUT2D eigenvalue weighted by molar-refractivity contribution is 5.43. The van der Waals surface area contributed by atoms with Gasteiger partial charge in [0.25, 0.3) is 0 Å². The topological polar surface area (TPSA) is 53.6 Å². The fraction of sp³-hybridized carbons (Fsp3) is 0.286. The van der Waals surface area contributed by atoms with E-state index in [1.54, 1.807) is 0 Å². The van der Waals surface area contributed by atoms with Crippen LogP contribution in [0.3, 0.4) is 0 Å². The Balaban J connectivity index is 2.18. The maximum Gasteiger partial charge on any atom is 0.166 e. The Kier molecular flexibility index (Phi) is 2.62. The van der Waals surface area contributed by atoms with Crippen molar-refractivity contribution in [1.29, 1.82) is 5.26 Å². The van der Waals surface area contributed by atoms with Gasteiger partial charge in [-0.1, -0.05) is 12.1 Å². The van der Waals surface area contributed by atoms with Crippen molar-refractivity contribution in [3.8, 4) is 11.8 Å². The number of hydrogen-bond acceptors (Lipinski definition) is 3. The summed E-state index contributed by atoms with van der Waals surface area (Å²) in [5.41, 5.74) is 4.99. The normalized spacial score (nSPS) is 14.0. The average molecular weight is 238 g/mol. The Morgan fingerprint density at radius 3 is 3.11 bits per heavy atom. The highest BCUT2D eigenvalue weighted by Gasteiger charge is 2.21. The van der Waals surface area contributed by atoms with Crippen LogP contribution in [0.15, 0.2) is 24.3 Å². The molecular weight excluding hydrogens is 224 g/mol. The van der Waals surface area contributed by atoms with Gasteiger partial charge in [-0.25, -0.2) is 4.68 Å². The molecule has 0 bridgehead atoms. The minimum atomic E-state index is 0.563. The van der Waals surface area contributed by atoms with Crippen LogP contribution in [0, 0.1) is 18.3 Å². The molecule has 3 rings (SSSR count). The molecule has 90 valence electrons.